The number of ether oxygens (including phenoxy) is 1. The fraction of sp³-hybridized carbons (Fsp3) is 0.556. The van der Waals surface area contributed by atoms with Crippen LogP contribution in [0, 0.1) is 5.92 Å². The molecule has 0 radical (unpaired) electrons. The van der Waals surface area contributed by atoms with Crippen LogP contribution in [0.2, 0.25) is 0 Å². The Morgan fingerprint density at radius 2 is 2.08 bits per heavy atom. The predicted octanol–water partition coefficient (Wildman–Crippen LogP) is 1.36. The van der Waals surface area contributed by atoms with Gasteiger partial charge in [-0.1, -0.05) is 5.16 Å². The lowest BCUT2D eigenvalue weighted by atomic mass is 9.91. The highest BCUT2D eigenvalue weighted by Gasteiger charge is 2.43. The monoisotopic (exact) mass is 347 g/mol. The van der Waals surface area contributed by atoms with Gasteiger partial charge in [-0.05, 0) is 68.6 Å². The van der Waals surface area contributed by atoms with Gasteiger partial charge in [0.1, 0.15) is 5.75 Å². The largest absolute Gasteiger partial charge is 0.493 e. The molecule has 1 aromatic rings. The van der Waals surface area contributed by atoms with Gasteiger partial charge < -0.3 is 25.7 Å². The third-order valence-electron chi connectivity index (χ3n) is 4.93. The number of piperidine rings is 1. The fourth-order valence-corrected chi connectivity index (χ4v) is 3.01. The van der Waals surface area contributed by atoms with Gasteiger partial charge in [-0.3, -0.25) is 4.79 Å². The summed E-state index contributed by atoms with van der Waals surface area (Å²) < 4.78 is 5.87. The normalized spacial score (nSPS) is 23.4. The van der Waals surface area contributed by atoms with Gasteiger partial charge in [0.15, 0.2) is 11.6 Å². The van der Waals surface area contributed by atoms with Gasteiger partial charge in [-0.15, -0.1) is 0 Å². The van der Waals surface area contributed by atoms with Gasteiger partial charge >= 0.3 is 5.97 Å². The highest BCUT2D eigenvalue weighted by molar-refractivity contribution is 6.02. The molecule has 2 heterocycles. The second-order valence-corrected chi connectivity index (χ2v) is 6.95. The molecule has 25 heavy (non-hydrogen) atoms. The van der Waals surface area contributed by atoms with Crippen molar-refractivity contribution in [2.45, 2.75) is 37.8 Å². The second kappa shape index (κ2) is 7.41. The molecule has 0 aromatic heterocycles. The molecule has 2 atom stereocenters. The first kappa shape index (κ1) is 17.7. The summed E-state index contributed by atoms with van der Waals surface area (Å²) in [4.78, 5) is 16.5. The minimum Gasteiger partial charge on any atom is -0.493 e. The first-order valence-electron chi connectivity index (χ1n) is 8.65. The highest BCUT2D eigenvalue weighted by Crippen LogP contribution is 2.25. The van der Waals surface area contributed by atoms with Crippen LogP contribution in [0.25, 0.3) is 0 Å². The van der Waals surface area contributed by atoms with Crippen molar-refractivity contribution in [2.75, 3.05) is 19.7 Å². The molecule has 0 spiro atoms. The van der Waals surface area contributed by atoms with Crippen LogP contribution in [0.4, 0.5) is 0 Å². The maximum absolute atomic E-state index is 11.2. The van der Waals surface area contributed by atoms with E-state index in [9.17, 15) is 9.90 Å². The predicted molar refractivity (Wildman–Crippen MR) is 93.8 cm³/mol. The Morgan fingerprint density at radius 1 is 1.40 bits per heavy atom. The summed E-state index contributed by atoms with van der Waals surface area (Å²) >= 11 is 0. The average molecular weight is 347 g/mol. The minimum atomic E-state index is -1.47. The van der Waals surface area contributed by atoms with E-state index < -0.39 is 17.6 Å². The molecular weight excluding hydrogens is 322 g/mol. The van der Waals surface area contributed by atoms with E-state index in [1.54, 1.807) is 0 Å². The summed E-state index contributed by atoms with van der Waals surface area (Å²) in [6, 6.07) is 7.64. The number of aliphatic carboxylic acids is 1. The standard InChI is InChI=1S/C18H25N3O4/c1-18(19,17(22)23)16-10-15(21-25-16)13-2-4-14(5-3-13)24-11-12-6-8-20-9-7-12/h2-5,12,16,20H,6-11,19H2,1H3,(H,22,23). The molecule has 1 aromatic carbocycles. The number of hydrogen-bond acceptors (Lipinski definition) is 6. The van der Waals surface area contributed by atoms with E-state index in [1.807, 2.05) is 24.3 Å². The van der Waals surface area contributed by atoms with Crippen LogP contribution < -0.4 is 15.8 Å². The Balaban J connectivity index is 1.55. The van der Waals surface area contributed by atoms with Gasteiger partial charge in [0.25, 0.3) is 0 Å². The molecule has 2 aliphatic rings. The zero-order valence-corrected chi connectivity index (χ0v) is 14.4. The number of nitrogens with one attached hydrogen (secondary N) is 1. The van der Waals surface area contributed by atoms with Gasteiger partial charge in [0.2, 0.25) is 0 Å². The van der Waals surface area contributed by atoms with E-state index in [0.717, 1.165) is 43.9 Å². The smallest absolute Gasteiger partial charge is 0.327 e. The Labute approximate surface area is 147 Å². The SMILES string of the molecule is CC(N)(C(=O)O)C1CC(c2ccc(OCC3CCNCC3)cc2)=NO1. The number of carbonyl (C=O) groups is 1. The third-order valence-corrected chi connectivity index (χ3v) is 4.93. The molecule has 7 nitrogen and oxygen atoms in total. The summed E-state index contributed by atoms with van der Waals surface area (Å²) in [6.07, 6.45) is 1.99. The van der Waals surface area contributed by atoms with Gasteiger partial charge in [0, 0.05) is 6.42 Å². The molecule has 136 valence electrons. The molecule has 2 aliphatic heterocycles. The average Bonchev–Trinajstić information content (AvgIpc) is 3.12. The summed E-state index contributed by atoms with van der Waals surface area (Å²) in [6.45, 7) is 4.29. The third kappa shape index (κ3) is 4.11. The molecule has 0 amide bonds. The molecular formula is C18H25N3O4. The zero-order chi connectivity index (χ0) is 17.9. The van der Waals surface area contributed by atoms with Gasteiger partial charge in [-0.25, -0.2) is 0 Å². The number of rotatable bonds is 6. The molecule has 4 N–H and O–H groups in total. The quantitative estimate of drug-likeness (QED) is 0.717. The van der Waals surface area contributed by atoms with Crippen molar-refractivity contribution in [3.63, 3.8) is 0 Å². The van der Waals surface area contributed by atoms with Crippen LogP contribution >= 0.6 is 0 Å². The first-order chi connectivity index (χ1) is 12.0. The Morgan fingerprint density at radius 3 is 2.72 bits per heavy atom. The molecule has 2 unspecified atom stereocenters. The number of benzene rings is 1. The topological polar surface area (TPSA) is 106 Å². The summed E-state index contributed by atoms with van der Waals surface area (Å²) in [5, 5.41) is 16.5. The Kier molecular flexibility index (Phi) is 5.24. The number of carboxylic acid groups (broad SMARTS) is 1. The molecule has 1 saturated heterocycles. The van der Waals surface area contributed by atoms with E-state index in [1.165, 1.54) is 6.92 Å². The lowest BCUT2D eigenvalue weighted by Gasteiger charge is -2.24. The fourth-order valence-electron chi connectivity index (χ4n) is 3.01. The number of nitrogens with zero attached hydrogens (tertiary/aromatic N) is 1. The summed E-state index contributed by atoms with van der Waals surface area (Å²) in [5.41, 5.74) is 5.94. The minimum absolute atomic E-state index is 0.370. The van der Waals surface area contributed by atoms with Crippen molar-refractivity contribution < 1.29 is 19.5 Å². The zero-order valence-electron chi connectivity index (χ0n) is 14.4. The van der Waals surface area contributed by atoms with Crippen molar-refractivity contribution in [2.24, 2.45) is 16.8 Å². The van der Waals surface area contributed by atoms with E-state index in [0.29, 0.717) is 18.1 Å². The molecule has 7 heteroatoms. The molecule has 0 bridgehead atoms. The first-order valence-corrected chi connectivity index (χ1v) is 8.65. The number of oxime groups is 1. The van der Waals surface area contributed by atoms with E-state index >= 15 is 0 Å². The molecule has 0 aliphatic carbocycles. The van der Waals surface area contributed by atoms with Crippen LogP contribution in [0.15, 0.2) is 29.4 Å². The number of nitrogens with two attached hydrogens (primary N) is 1. The van der Waals surface area contributed by atoms with Crippen molar-refractivity contribution in [3.05, 3.63) is 29.8 Å². The van der Waals surface area contributed by atoms with Crippen LogP contribution in [-0.2, 0) is 9.63 Å². The lowest BCUT2D eigenvalue weighted by molar-refractivity contribution is -0.148. The lowest BCUT2D eigenvalue weighted by Crippen LogP contribution is -2.54. The molecule has 0 saturated carbocycles. The van der Waals surface area contributed by atoms with Crippen molar-refractivity contribution in [3.8, 4) is 5.75 Å². The molecule has 1 fully saturated rings. The Hall–Kier alpha value is -2.12. The molecule has 3 rings (SSSR count). The van der Waals surface area contributed by atoms with E-state index in [4.69, 9.17) is 15.3 Å². The van der Waals surface area contributed by atoms with E-state index in [-0.39, 0.29) is 0 Å². The number of carboxylic acids is 1. The van der Waals surface area contributed by atoms with Crippen LogP contribution in [0.3, 0.4) is 0 Å². The van der Waals surface area contributed by atoms with Gasteiger partial charge in [-0.2, -0.15) is 0 Å². The maximum atomic E-state index is 11.2. The number of hydrogen-bond donors (Lipinski definition) is 3. The summed E-state index contributed by atoms with van der Waals surface area (Å²) in [5.74, 6) is 0.329. The van der Waals surface area contributed by atoms with Crippen LogP contribution in [-0.4, -0.2) is 48.1 Å². The van der Waals surface area contributed by atoms with Crippen LogP contribution in [0.5, 0.6) is 5.75 Å². The Bertz CT molecular complexity index is 636. The van der Waals surface area contributed by atoms with Crippen LogP contribution in [0.1, 0.15) is 31.7 Å². The van der Waals surface area contributed by atoms with Crippen molar-refractivity contribution in [1.29, 1.82) is 0 Å². The van der Waals surface area contributed by atoms with Gasteiger partial charge in [0.05, 0.1) is 12.3 Å². The maximum Gasteiger partial charge on any atom is 0.327 e. The van der Waals surface area contributed by atoms with Crippen molar-refractivity contribution >= 4 is 11.7 Å². The van der Waals surface area contributed by atoms with E-state index in [2.05, 4.69) is 10.5 Å². The summed E-state index contributed by atoms with van der Waals surface area (Å²) in [7, 11) is 0. The van der Waals surface area contributed by atoms with Crippen molar-refractivity contribution in [1.82, 2.24) is 5.32 Å². The second-order valence-electron chi connectivity index (χ2n) is 6.95. The highest BCUT2D eigenvalue weighted by atomic mass is 16.6.